The molecular formula is C10H14N2O. The van der Waals surface area contributed by atoms with Crippen molar-refractivity contribution in [3.63, 3.8) is 0 Å². The molecule has 2 rings (SSSR count). The Labute approximate surface area is 77.2 Å². The molecule has 1 saturated carbocycles. The first-order chi connectivity index (χ1) is 6.27. The predicted octanol–water partition coefficient (Wildman–Crippen LogP) is 1.05. The smallest absolute Gasteiger partial charge is 0.0747 e. The first-order valence-electron chi connectivity index (χ1n) is 4.68. The van der Waals surface area contributed by atoms with Gasteiger partial charge in [-0.15, -0.1) is 0 Å². The summed E-state index contributed by atoms with van der Waals surface area (Å²) >= 11 is 0. The third kappa shape index (κ3) is 1.65. The monoisotopic (exact) mass is 178 g/mol. The van der Waals surface area contributed by atoms with E-state index in [0.29, 0.717) is 5.36 Å². The molecule has 1 heterocycles. The van der Waals surface area contributed by atoms with Crippen LogP contribution in [0.1, 0.15) is 25.3 Å². The number of nitrogens with one attached hydrogen (secondary N) is 1. The molecule has 0 aromatic carbocycles. The van der Waals surface area contributed by atoms with Gasteiger partial charge in [0.1, 0.15) is 0 Å². The molecule has 1 aliphatic rings. The molecule has 1 aromatic rings. The van der Waals surface area contributed by atoms with Crippen molar-refractivity contribution in [2.45, 2.75) is 31.4 Å². The SMILES string of the molecule is N=c1ccn([C@@H]2CCC[C@H]2O)cc1. The highest BCUT2D eigenvalue weighted by molar-refractivity contribution is 4.95. The molecule has 3 nitrogen and oxygen atoms in total. The van der Waals surface area contributed by atoms with E-state index in [1.54, 1.807) is 12.1 Å². The molecule has 2 N–H and O–H groups in total. The lowest BCUT2D eigenvalue weighted by Crippen LogP contribution is -2.18. The quantitative estimate of drug-likeness (QED) is 0.663. The van der Waals surface area contributed by atoms with Crippen LogP contribution in [-0.2, 0) is 0 Å². The Kier molecular flexibility index (Phi) is 2.19. The fourth-order valence-corrected chi connectivity index (χ4v) is 1.93. The zero-order valence-electron chi connectivity index (χ0n) is 7.48. The normalized spacial score (nSPS) is 27.8. The number of hydrogen-bond acceptors (Lipinski definition) is 2. The third-order valence-electron chi connectivity index (χ3n) is 2.68. The molecule has 1 aliphatic carbocycles. The zero-order valence-corrected chi connectivity index (χ0v) is 7.48. The zero-order chi connectivity index (χ0) is 9.26. The average Bonchev–Trinajstić information content (AvgIpc) is 2.53. The summed E-state index contributed by atoms with van der Waals surface area (Å²) in [5.74, 6) is 0. The van der Waals surface area contributed by atoms with Gasteiger partial charge in [-0.1, -0.05) is 0 Å². The van der Waals surface area contributed by atoms with Gasteiger partial charge in [0.15, 0.2) is 0 Å². The van der Waals surface area contributed by atoms with Crippen molar-refractivity contribution in [3.05, 3.63) is 29.9 Å². The van der Waals surface area contributed by atoms with E-state index in [9.17, 15) is 5.11 Å². The van der Waals surface area contributed by atoms with E-state index in [0.717, 1.165) is 19.3 Å². The number of aliphatic hydroxyl groups is 1. The Hall–Kier alpha value is -1.09. The Morgan fingerprint density at radius 2 is 2.00 bits per heavy atom. The van der Waals surface area contributed by atoms with E-state index in [-0.39, 0.29) is 12.1 Å². The minimum Gasteiger partial charge on any atom is -0.391 e. The van der Waals surface area contributed by atoms with Crippen LogP contribution in [-0.4, -0.2) is 15.8 Å². The highest BCUT2D eigenvalue weighted by Gasteiger charge is 2.25. The standard InChI is InChI=1S/C10H14N2O/c11-8-4-6-12(7-5-8)9-2-1-3-10(9)13/h4-7,9-11,13H,1-3H2/t9-,10-/m1/s1. The van der Waals surface area contributed by atoms with Gasteiger partial charge < -0.3 is 15.1 Å². The lowest BCUT2D eigenvalue weighted by molar-refractivity contribution is 0.136. The minimum absolute atomic E-state index is 0.207. The van der Waals surface area contributed by atoms with Gasteiger partial charge in [0.25, 0.3) is 0 Å². The Balaban J connectivity index is 2.25. The second-order valence-electron chi connectivity index (χ2n) is 3.60. The summed E-state index contributed by atoms with van der Waals surface area (Å²) in [6.45, 7) is 0. The molecule has 13 heavy (non-hydrogen) atoms. The molecule has 0 unspecified atom stereocenters. The Bertz CT molecular complexity index is 325. The molecule has 2 atom stereocenters. The summed E-state index contributed by atoms with van der Waals surface area (Å²) in [6, 6.07) is 3.73. The molecule has 0 amide bonds. The molecular weight excluding hydrogens is 164 g/mol. The topological polar surface area (TPSA) is 49.0 Å². The molecule has 70 valence electrons. The van der Waals surface area contributed by atoms with Gasteiger partial charge in [-0.25, -0.2) is 0 Å². The lowest BCUT2D eigenvalue weighted by atomic mass is 10.2. The lowest BCUT2D eigenvalue weighted by Gasteiger charge is -2.17. The molecule has 1 fully saturated rings. The third-order valence-corrected chi connectivity index (χ3v) is 2.68. The highest BCUT2D eigenvalue weighted by atomic mass is 16.3. The number of pyridine rings is 1. The maximum atomic E-state index is 9.64. The first kappa shape index (κ1) is 8.51. The van der Waals surface area contributed by atoms with Gasteiger partial charge >= 0.3 is 0 Å². The van der Waals surface area contributed by atoms with E-state index in [2.05, 4.69) is 0 Å². The van der Waals surface area contributed by atoms with Crippen LogP contribution < -0.4 is 5.36 Å². The van der Waals surface area contributed by atoms with Crippen LogP contribution >= 0.6 is 0 Å². The van der Waals surface area contributed by atoms with Crippen LogP contribution in [0.4, 0.5) is 0 Å². The van der Waals surface area contributed by atoms with Gasteiger partial charge in [0.2, 0.25) is 0 Å². The van der Waals surface area contributed by atoms with Crippen LogP contribution in [0.2, 0.25) is 0 Å². The van der Waals surface area contributed by atoms with Crippen LogP contribution in [0.25, 0.3) is 0 Å². The Morgan fingerprint density at radius 1 is 1.31 bits per heavy atom. The summed E-state index contributed by atoms with van der Waals surface area (Å²) in [6.07, 6.45) is 6.59. The number of nitrogens with zero attached hydrogens (tertiary/aromatic N) is 1. The molecule has 0 spiro atoms. The van der Waals surface area contributed by atoms with E-state index < -0.39 is 0 Å². The van der Waals surface area contributed by atoms with Crippen molar-refractivity contribution in [2.24, 2.45) is 0 Å². The second-order valence-corrected chi connectivity index (χ2v) is 3.60. The van der Waals surface area contributed by atoms with Crippen LogP contribution in [0.5, 0.6) is 0 Å². The fraction of sp³-hybridized carbons (Fsp3) is 0.500. The maximum Gasteiger partial charge on any atom is 0.0747 e. The van der Waals surface area contributed by atoms with Gasteiger partial charge in [0, 0.05) is 12.4 Å². The van der Waals surface area contributed by atoms with E-state index in [1.165, 1.54) is 0 Å². The van der Waals surface area contributed by atoms with Gasteiger partial charge in [0.05, 0.1) is 17.5 Å². The highest BCUT2D eigenvalue weighted by Crippen LogP contribution is 2.29. The minimum atomic E-state index is -0.207. The molecule has 0 saturated heterocycles. The Morgan fingerprint density at radius 3 is 2.54 bits per heavy atom. The molecule has 1 aromatic heterocycles. The maximum absolute atomic E-state index is 9.64. The number of hydrogen-bond donors (Lipinski definition) is 2. The summed E-state index contributed by atoms with van der Waals surface area (Å²) < 4.78 is 2.01. The van der Waals surface area contributed by atoms with Crippen molar-refractivity contribution in [1.82, 2.24) is 4.57 Å². The van der Waals surface area contributed by atoms with Gasteiger partial charge in [-0.2, -0.15) is 0 Å². The summed E-state index contributed by atoms with van der Waals surface area (Å²) in [5.41, 5.74) is 0. The van der Waals surface area contributed by atoms with Crippen molar-refractivity contribution in [3.8, 4) is 0 Å². The summed E-state index contributed by atoms with van der Waals surface area (Å²) in [4.78, 5) is 0. The molecule has 0 bridgehead atoms. The second kappa shape index (κ2) is 3.34. The number of rotatable bonds is 1. The van der Waals surface area contributed by atoms with Crippen LogP contribution in [0, 0.1) is 5.41 Å². The first-order valence-corrected chi connectivity index (χ1v) is 4.68. The summed E-state index contributed by atoms with van der Waals surface area (Å²) in [5, 5.41) is 17.5. The van der Waals surface area contributed by atoms with E-state index >= 15 is 0 Å². The number of aromatic nitrogens is 1. The van der Waals surface area contributed by atoms with Crippen molar-refractivity contribution >= 4 is 0 Å². The molecule has 0 radical (unpaired) electrons. The number of aliphatic hydroxyl groups excluding tert-OH is 1. The van der Waals surface area contributed by atoms with Crippen molar-refractivity contribution in [2.75, 3.05) is 0 Å². The van der Waals surface area contributed by atoms with Crippen molar-refractivity contribution in [1.29, 1.82) is 5.41 Å². The molecule has 0 aliphatic heterocycles. The largest absolute Gasteiger partial charge is 0.391 e. The van der Waals surface area contributed by atoms with Crippen LogP contribution in [0.15, 0.2) is 24.5 Å². The average molecular weight is 178 g/mol. The summed E-state index contributed by atoms with van der Waals surface area (Å²) in [7, 11) is 0. The fourth-order valence-electron chi connectivity index (χ4n) is 1.93. The molecule has 3 heteroatoms. The van der Waals surface area contributed by atoms with Gasteiger partial charge in [-0.3, -0.25) is 0 Å². The predicted molar refractivity (Wildman–Crippen MR) is 49.2 cm³/mol. The van der Waals surface area contributed by atoms with Crippen molar-refractivity contribution < 1.29 is 5.11 Å². The van der Waals surface area contributed by atoms with E-state index in [1.807, 2.05) is 17.0 Å². The van der Waals surface area contributed by atoms with Gasteiger partial charge in [-0.05, 0) is 31.4 Å². The van der Waals surface area contributed by atoms with Crippen LogP contribution in [0.3, 0.4) is 0 Å². The van der Waals surface area contributed by atoms with E-state index in [4.69, 9.17) is 5.41 Å².